The summed E-state index contributed by atoms with van der Waals surface area (Å²) in [6, 6.07) is 12.8. The molecule has 0 aliphatic rings. The minimum absolute atomic E-state index is 0.0504. The van der Waals surface area contributed by atoms with Gasteiger partial charge in [-0.25, -0.2) is 22.3 Å². The molecule has 2 N–H and O–H groups in total. The monoisotopic (exact) mass is 498 g/mol. The fraction of sp³-hybridized carbons (Fsp3) is 0.409. The van der Waals surface area contributed by atoms with Gasteiger partial charge in [0.1, 0.15) is 11.8 Å². The lowest BCUT2D eigenvalue weighted by Crippen LogP contribution is -2.50. The number of hydrogen-bond donors (Lipinski definition) is 2. The van der Waals surface area contributed by atoms with Crippen molar-refractivity contribution in [1.82, 2.24) is 9.79 Å². The maximum absolute atomic E-state index is 13.4. The Labute approximate surface area is 195 Å². The summed E-state index contributed by atoms with van der Waals surface area (Å²) in [7, 11) is -6.39. The third-order valence-corrected chi connectivity index (χ3v) is 8.42. The molecule has 2 aromatic carbocycles. The Kier molecular flexibility index (Phi) is 9.41. The van der Waals surface area contributed by atoms with Crippen molar-refractivity contribution in [2.24, 2.45) is 5.92 Å². The van der Waals surface area contributed by atoms with Gasteiger partial charge < -0.3 is 4.74 Å². The van der Waals surface area contributed by atoms with Crippen LogP contribution in [-0.4, -0.2) is 57.7 Å². The van der Waals surface area contributed by atoms with E-state index in [1.165, 1.54) is 36.9 Å². The lowest BCUT2D eigenvalue weighted by atomic mass is 10.1. The molecular weight excluding hydrogens is 468 g/mol. The second-order valence-corrected chi connectivity index (χ2v) is 12.1. The molecule has 11 heteroatoms. The van der Waals surface area contributed by atoms with Gasteiger partial charge in [-0.15, -0.1) is 0 Å². The van der Waals surface area contributed by atoms with E-state index in [1.807, 2.05) is 0 Å². The minimum Gasteiger partial charge on any atom is -0.497 e. The number of sulfone groups is 1. The van der Waals surface area contributed by atoms with Crippen LogP contribution in [0.15, 0.2) is 59.5 Å². The number of sulfonamides is 1. The van der Waals surface area contributed by atoms with E-state index < -0.39 is 37.6 Å². The van der Waals surface area contributed by atoms with Gasteiger partial charge >= 0.3 is 0 Å². The summed E-state index contributed by atoms with van der Waals surface area (Å²) in [5, 5.41) is 9.27. The van der Waals surface area contributed by atoms with E-state index in [1.54, 1.807) is 44.2 Å². The molecule has 0 fully saturated rings. The summed E-state index contributed by atoms with van der Waals surface area (Å²) in [6.45, 7) is 3.50. The first-order valence-electron chi connectivity index (χ1n) is 10.3. The summed E-state index contributed by atoms with van der Waals surface area (Å²) >= 11 is 0. The van der Waals surface area contributed by atoms with Crippen molar-refractivity contribution >= 4 is 25.8 Å². The molecule has 182 valence electrons. The Balaban J connectivity index is 2.35. The molecule has 0 bridgehead atoms. The highest BCUT2D eigenvalue weighted by Crippen LogP contribution is 2.24. The summed E-state index contributed by atoms with van der Waals surface area (Å²) in [6.07, 6.45) is -0.316. The number of hydrogen-bond acceptors (Lipinski definition) is 7. The smallest absolute Gasteiger partial charge is 0.261 e. The van der Waals surface area contributed by atoms with Crippen LogP contribution in [0.25, 0.3) is 0 Å². The molecule has 0 saturated carbocycles. The van der Waals surface area contributed by atoms with Crippen LogP contribution < -0.4 is 10.2 Å². The van der Waals surface area contributed by atoms with Gasteiger partial charge in [-0.1, -0.05) is 44.2 Å². The minimum atomic E-state index is -4.19. The predicted octanol–water partition coefficient (Wildman–Crippen LogP) is 2.22. The lowest BCUT2D eigenvalue weighted by Gasteiger charge is -2.30. The van der Waals surface area contributed by atoms with Crippen LogP contribution in [-0.2, 0) is 30.4 Å². The molecule has 1 atom stereocenters. The number of nitrogens with zero attached hydrogens (tertiary/aromatic N) is 1. The SMILES string of the molecule is COc1ccc(S(=O)(=O)N(CC(C)C)C(CCS(=O)(=O)Cc2ccccc2)C(=O)NO)cc1. The van der Waals surface area contributed by atoms with Crippen molar-refractivity contribution in [3.05, 3.63) is 60.2 Å². The quantitative estimate of drug-likeness (QED) is 0.339. The Hall–Kier alpha value is -2.47. The van der Waals surface area contributed by atoms with Gasteiger partial charge in [0.15, 0.2) is 9.84 Å². The zero-order valence-corrected chi connectivity index (χ0v) is 20.5. The third-order valence-electron chi connectivity index (χ3n) is 4.90. The van der Waals surface area contributed by atoms with Crippen LogP contribution in [0.3, 0.4) is 0 Å². The Morgan fingerprint density at radius 3 is 2.15 bits per heavy atom. The van der Waals surface area contributed by atoms with E-state index in [0.717, 1.165) is 4.31 Å². The molecule has 0 aliphatic heterocycles. The molecule has 2 rings (SSSR count). The highest BCUT2D eigenvalue weighted by Gasteiger charge is 2.37. The maximum atomic E-state index is 13.4. The van der Waals surface area contributed by atoms with Gasteiger partial charge in [-0.3, -0.25) is 10.0 Å². The first kappa shape index (κ1) is 26.8. The van der Waals surface area contributed by atoms with Gasteiger partial charge in [-0.2, -0.15) is 4.31 Å². The summed E-state index contributed by atoms with van der Waals surface area (Å²) < 4.78 is 58.2. The van der Waals surface area contributed by atoms with Crippen molar-refractivity contribution in [3.8, 4) is 5.75 Å². The second-order valence-electron chi connectivity index (χ2n) is 8.00. The molecule has 0 saturated heterocycles. The van der Waals surface area contributed by atoms with E-state index in [9.17, 15) is 26.8 Å². The number of benzene rings is 2. The number of rotatable bonds is 12. The van der Waals surface area contributed by atoms with Crippen LogP contribution in [0.4, 0.5) is 0 Å². The molecule has 0 heterocycles. The number of amides is 1. The van der Waals surface area contributed by atoms with Crippen molar-refractivity contribution in [2.45, 2.75) is 37.0 Å². The van der Waals surface area contributed by atoms with Crippen molar-refractivity contribution in [3.63, 3.8) is 0 Å². The van der Waals surface area contributed by atoms with Crippen LogP contribution >= 0.6 is 0 Å². The van der Waals surface area contributed by atoms with Crippen molar-refractivity contribution < 1.29 is 31.6 Å². The van der Waals surface area contributed by atoms with Gasteiger partial charge in [0.2, 0.25) is 10.0 Å². The van der Waals surface area contributed by atoms with E-state index in [0.29, 0.717) is 11.3 Å². The first-order chi connectivity index (χ1) is 15.5. The van der Waals surface area contributed by atoms with Crippen molar-refractivity contribution in [1.29, 1.82) is 0 Å². The topological polar surface area (TPSA) is 130 Å². The first-order valence-corrected chi connectivity index (χ1v) is 13.6. The van der Waals surface area contributed by atoms with Gasteiger partial charge in [-0.05, 0) is 42.2 Å². The molecule has 0 aliphatic carbocycles. The van der Waals surface area contributed by atoms with E-state index in [4.69, 9.17) is 4.74 Å². The third kappa shape index (κ3) is 7.53. The standard InChI is InChI=1S/C22H30N2O7S2/c1-17(2)15-24(33(29,30)20-11-9-19(31-3)10-12-20)21(22(25)23-26)13-14-32(27,28)16-18-7-5-4-6-8-18/h4-12,17,21,26H,13-16H2,1-3H3,(H,23,25). The largest absolute Gasteiger partial charge is 0.497 e. The van der Waals surface area contributed by atoms with E-state index >= 15 is 0 Å². The van der Waals surface area contributed by atoms with E-state index in [2.05, 4.69) is 0 Å². The molecule has 2 aromatic rings. The Morgan fingerprint density at radius 1 is 1.03 bits per heavy atom. The van der Waals surface area contributed by atoms with E-state index in [-0.39, 0.29) is 29.5 Å². The average molecular weight is 499 g/mol. The highest BCUT2D eigenvalue weighted by molar-refractivity contribution is 7.90. The van der Waals surface area contributed by atoms with Crippen LogP contribution in [0.5, 0.6) is 5.75 Å². The molecule has 0 radical (unpaired) electrons. The summed E-state index contributed by atoms with van der Waals surface area (Å²) in [5.74, 6) is -1.39. The van der Waals surface area contributed by atoms with Crippen LogP contribution in [0.1, 0.15) is 25.8 Å². The Bertz CT molecular complexity index is 1120. The van der Waals surface area contributed by atoms with Crippen molar-refractivity contribution in [2.75, 3.05) is 19.4 Å². The molecule has 9 nitrogen and oxygen atoms in total. The number of carbonyl (C=O) groups is 1. The zero-order chi connectivity index (χ0) is 24.6. The summed E-state index contributed by atoms with van der Waals surface area (Å²) in [4.78, 5) is 12.4. The van der Waals surface area contributed by atoms with Gasteiger partial charge in [0.25, 0.3) is 5.91 Å². The number of methoxy groups -OCH3 is 1. The molecule has 0 aromatic heterocycles. The molecule has 0 spiro atoms. The predicted molar refractivity (Wildman–Crippen MR) is 124 cm³/mol. The fourth-order valence-corrected chi connectivity index (χ4v) is 6.52. The fourth-order valence-electron chi connectivity index (χ4n) is 3.31. The van der Waals surface area contributed by atoms with Crippen LogP contribution in [0.2, 0.25) is 0 Å². The average Bonchev–Trinajstić information content (AvgIpc) is 2.78. The highest BCUT2D eigenvalue weighted by atomic mass is 32.2. The lowest BCUT2D eigenvalue weighted by molar-refractivity contribution is -0.133. The molecule has 1 amide bonds. The number of nitrogens with one attached hydrogen (secondary N) is 1. The molecule has 33 heavy (non-hydrogen) atoms. The number of hydroxylamine groups is 1. The second kappa shape index (κ2) is 11.6. The molecule has 1 unspecified atom stereocenters. The number of carbonyl (C=O) groups excluding carboxylic acids is 1. The normalized spacial score (nSPS) is 13.2. The zero-order valence-electron chi connectivity index (χ0n) is 18.8. The number of ether oxygens (including phenoxy) is 1. The van der Waals surface area contributed by atoms with Gasteiger partial charge in [0, 0.05) is 6.54 Å². The summed E-state index contributed by atoms with van der Waals surface area (Å²) in [5.41, 5.74) is 2.08. The Morgan fingerprint density at radius 2 is 1.64 bits per heavy atom. The van der Waals surface area contributed by atoms with Crippen LogP contribution in [0, 0.1) is 5.92 Å². The maximum Gasteiger partial charge on any atom is 0.261 e. The van der Waals surface area contributed by atoms with Gasteiger partial charge in [0.05, 0.1) is 23.5 Å². The molecular formula is C22H30N2O7S2.